The Kier molecular flexibility index (Phi) is 5.09. The van der Waals surface area contributed by atoms with Crippen LogP contribution in [0.5, 0.6) is 5.88 Å². The van der Waals surface area contributed by atoms with Crippen molar-refractivity contribution in [3.05, 3.63) is 54.0 Å². The SMILES string of the molecule is COc1ccc(CNC(=O)NC(C)c2ccncc2)cn1. The summed E-state index contributed by atoms with van der Waals surface area (Å²) in [7, 11) is 1.56. The van der Waals surface area contributed by atoms with E-state index in [1.807, 2.05) is 25.1 Å². The summed E-state index contributed by atoms with van der Waals surface area (Å²) in [5.41, 5.74) is 1.91. The second-order valence-corrected chi connectivity index (χ2v) is 4.54. The van der Waals surface area contributed by atoms with Crippen LogP contribution < -0.4 is 15.4 Å². The molecule has 6 heteroatoms. The summed E-state index contributed by atoms with van der Waals surface area (Å²) in [4.78, 5) is 19.9. The molecule has 2 rings (SSSR count). The van der Waals surface area contributed by atoms with E-state index in [1.54, 1.807) is 31.8 Å². The summed E-state index contributed by atoms with van der Waals surface area (Å²) in [5, 5.41) is 5.66. The van der Waals surface area contributed by atoms with Crippen molar-refractivity contribution >= 4 is 6.03 Å². The van der Waals surface area contributed by atoms with Gasteiger partial charge in [-0.25, -0.2) is 9.78 Å². The predicted molar refractivity (Wildman–Crippen MR) is 78.8 cm³/mol. The fourth-order valence-corrected chi connectivity index (χ4v) is 1.80. The predicted octanol–water partition coefficient (Wildman–Crippen LogP) is 2.05. The molecule has 0 radical (unpaired) electrons. The lowest BCUT2D eigenvalue weighted by Gasteiger charge is -2.14. The number of nitrogens with zero attached hydrogens (tertiary/aromatic N) is 2. The molecule has 1 unspecified atom stereocenters. The van der Waals surface area contributed by atoms with Crippen LogP contribution in [-0.2, 0) is 6.54 Å². The van der Waals surface area contributed by atoms with Gasteiger partial charge in [0.25, 0.3) is 0 Å². The number of hydrogen-bond donors (Lipinski definition) is 2. The molecule has 0 bridgehead atoms. The van der Waals surface area contributed by atoms with Crippen LogP contribution in [-0.4, -0.2) is 23.1 Å². The number of nitrogens with one attached hydrogen (secondary N) is 2. The van der Waals surface area contributed by atoms with Gasteiger partial charge in [-0.05, 0) is 30.2 Å². The van der Waals surface area contributed by atoms with Gasteiger partial charge in [0, 0.05) is 31.2 Å². The van der Waals surface area contributed by atoms with Crippen LogP contribution in [0.3, 0.4) is 0 Å². The Labute approximate surface area is 123 Å². The average molecular weight is 286 g/mol. The minimum absolute atomic E-state index is 0.0815. The number of aromatic nitrogens is 2. The summed E-state index contributed by atoms with van der Waals surface area (Å²) >= 11 is 0. The van der Waals surface area contributed by atoms with Crippen molar-refractivity contribution in [2.75, 3.05) is 7.11 Å². The molecule has 0 spiro atoms. The summed E-state index contributed by atoms with van der Waals surface area (Å²) in [6.45, 7) is 2.33. The standard InChI is InChI=1S/C15H18N4O2/c1-11(13-5-7-16-8-6-13)19-15(20)18-10-12-3-4-14(21-2)17-9-12/h3-9,11H,10H2,1-2H3,(H2,18,19,20). The highest BCUT2D eigenvalue weighted by Gasteiger charge is 2.08. The van der Waals surface area contributed by atoms with E-state index in [9.17, 15) is 4.79 Å². The lowest BCUT2D eigenvalue weighted by Crippen LogP contribution is -2.36. The molecule has 21 heavy (non-hydrogen) atoms. The minimum atomic E-state index is -0.227. The fourth-order valence-electron chi connectivity index (χ4n) is 1.80. The van der Waals surface area contributed by atoms with Crippen LogP contribution in [0.1, 0.15) is 24.1 Å². The number of hydrogen-bond acceptors (Lipinski definition) is 4. The van der Waals surface area contributed by atoms with E-state index in [1.165, 1.54) is 0 Å². The van der Waals surface area contributed by atoms with Gasteiger partial charge in [-0.1, -0.05) is 6.07 Å². The molecular weight excluding hydrogens is 268 g/mol. The second kappa shape index (κ2) is 7.23. The Balaban J connectivity index is 1.81. The van der Waals surface area contributed by atoms with Crippen LogP contribution in [0.2, 0.25) is 0 Å². The molecule has 110 valence electrons. The van der Waals surface area contributed by atoms with E-state index in [0.29, 0.717) is 12.4 Å². The Hall–Kier alpha value is -2.63. The van der Waals surface area contributed by atoms with E-state index >= 15 is 0 Å². The van der Waals surface area contributed by atoms with Gasteiger partial charge in [0.1, 0.15) is 0 Å². The fraction of sp³-hybridized carbons (Fsp3) is 0.267. The van der Waals surface area contributed by atoms with E-state index in [-0.39, 0.29) is 12.1 Å². The topological polar surface area (TPSA) is 76.1 Å². The highest BCUT2D eigenvalue weighted by molar-refractivity contribution is 5.74. The Morgan fingerprint density at radius 2 is 2.05 bits per heavy atom. The van der Waals surface area contributed by atoms with Gasteiger partial charge in [-0.15, -0.1) is 0 Å². The molecule has 0 saturated heterocycles. The molecule has 0 aliphatic carbocycles. The van der Waals surface area contributed by atoms with Gasteiger partial charge in [-0.2, -0.15) is 0 Å². The molecule has 2 aromatic heterocycles. The van der Waals surface area contributed by atoms with Crippen LogP contribution in [0.25, 0.3) is 0 Å². The summed E-state index contributed by atoms with van der Waals surface area (Å²) in [5.74, 6) is 0.550. The minimum Gasteiger partial charge on any atom is -0.481 e. The van der Waals surface area contributed by atoms with Crippen molar-refractivity contribution in [1.29, 1.82) is 0 Å². The maximum Gasteiger partial charge on any atom is 0.315 e. The number of rotatable bonds is 5. The smallest absolute Gasteiger partial charge is 0.315 e. The highest BCUT2D eigenvalue weighted by atomic mass is 16.5. The van der Waals surface area contributed by atoms with E-state index in [0.717, 1.165) is 11.1 Å². The molecule has 0 aromatic carbocycles. The highest BCUT2D eigenvalue weighted by Crippen LogP contribution is 2.10. The number of pyridine rings is 2. The number of urea groups is 1. The number of ether oxygens (including phenoxy) is 1. The molecular formula is C15H18N4O2. The number of methoxy groups -OCH3 is 1. The summed E-state index contributed by atoms with van der Waals surface area (Å²) in [6, 6.07) is 7.06. The van der Waals surface area contributed by atoms with Gasteiger partial charge in [0.05, 0.1) is 13.2 Å². The maximum absolute atomic E-state index is 11.8. The third kappa shape index (κ3) is 4.45. The maximum atomic E-state index is 11.8. The third-order valence-electron chi connectivity index (χ3n) is 3.01. The molecule has 1 atom stereocenters. The quantitative estimate of drug-likeness (QED) is 0.882. The molecule has 6 nitrogen and oxygen atoms in total. The normalized spacial score (nSPS) is 11.5. The molecule has 0 aliphatic rings. The molecule has 2 N–H and O–H groups in total. The zero-order valence-corrected chi connectivity index (χ0v) is 12.0. The first-order valence-corrected chi connectivity index (χ1v) is 6.62. The van der Waals surface area contributed by atoms with E-state index < -0.39 is 0 Å². The van der Waals surface area contributed by atoms with E-state index in [2.05, 4.69) is 20.6 Å². The van der Waals surface area contributed by atoms with Gasteiger partial charge >= 0.3 is 6.03 Å². The lowest BCUT2D eigenvalue weighted by molar-refractivity contribution is 0.237. The van der Waals surface area contributed by atoms with Gasteiger partial charge in [-0.3, -0.25) is 4.98 Å². The zero-order valence-electron chi connectivity index (χ0n) is 12.0. The Morgan fingerprint density at radius 1 is 1.29 bits per heavy atom. The summed E-state index contributed by atoms with van der Waals surface area (Å²) in [6.07, 6.45) is 5.08. The first kappa shape index (κ1) is 14.8. The first-order valence-electron chi connectivity index (χ1n) is 6.62. The molecule has 0 fully saturated rings. The van der Waals surface area contributed by atoms with Gasteiger partial charge < -0.3 is 15.4 Å². The van der Waals surface area contributed by atoms with Gasteiger partial charge in [0.2, 0.25) is 5.88 Å². The largest absolute Gasteiger partial charge is 0.481 e. The lowest BCUT2D eigenvalue weighted by atomic mass is 10.1. The molecule has 2 heterocycles. The third-order valence-corrected chi connectivity index (χ3v) is 3.01. The molecule has 2 amide bonds. The zero-order chi connectivity index (χ0) is 15.1. The molecule has 0 saturated carbocycles. The van der Waals surface area contributed by atoms with Crippen LogP contribution in [0.4, 0.5) is 4.79 Å². The Bertz CT molecular complexity index is 572. The van der Waals surface area contributed by atoms with Crippen molar-refractivity contribution < 1.29 is 9.53 Å². The number of carbonyl (C=O) groups excluding carboxylic acids is 1. The number of amides is 2. The average Bonchev–Trinajstić information content (AvgIpc) is 2.54. The monoisotopic (exact) mass is 286 g/mol. The van der Waals surface area contributed by atoms with Crippen molar-refractivity contribution in [2.24, 2.45) is 0 Å². The van der Waals surface area contributed by atoms with Crippen LogP contribution in [0, 0.1) is 0 Å². The summed E-state index contributed by atoms with van der Waals surface area (Å²) < 4.78 is 4.98. The van der Waals surface area contributed by atoms with Crippen LogP contribution in [0.15, 0.2) is 42.9 Å². The molecule has 0 aliphatic heterocycles. The van der Waals surface area contributed by atoms with Gasteiger partial charge in [0.15, 0.2) is 0 Å². The van der Waals surface area contributed by atoms with Crippen molar-refractivity contribution in [2.45, 2.75) is 19.5 Å². The van der Waals surface area contributed by atoms with Crippen molar-refractivity contribution in [1.82, 2.24) is 20.6 Å². The second-order valence-electron chi connectivity index (χ2n) is 4.54. The first-order chi connectivity index (χ1) is 10.2. The van der Waals surface area contributed by atoms with Crippen molar-refractivity contribution in [3.8, 4) is 5.88 Å². The van der Waals surface area contributed by atoms with Crippen molar-refractivity contribution in [3.63, 3.8) is 0 Å². The van der Waals surface area contributed by atoms with Crippen LogP contribution >= 0.6 is 0 Å². The Morgan fingerprint density at radius 3 is 2.67 bits per heavy atom. The molecule has 2 aromatic rings. The van der Waals surface area contributed by atoms with E-state index in [4.69, 9.17) is 4.74 Å². The number of carbonyl (C=O) groups is 1.